The quantitative estimate of drug-likeness (QED) is 0.534. The zero-order chi connectivity index (χ0) is 20.5. The molecule has 2 aromatic carbocycles. The van der Waals surface area contributed by atoms with Crippen LogP contribution in [0.15, 0.2) is 42.5 Å². The van der Waals surface area contributed by atoms with Crippen molar-refractivity contribution >= 4 is 14.3 Å². The third kappa shape index (κ3) is 4.73. The molecule has 3 nitrogen and oxygen atoms in total. The molecule has 0 spiro atoms. The molecule has 1 atom stereocenters. The molecule has 28 heavy (non-hydrogen) atoms. The highest BCUT2D eigenvalue weighted by molar-refractivity contribution is 6.69. The van der Waals surface area contributed by atoms with E-state index in [0.29, 0.717) is 0 Å². The first-order chi connectivity index (χ1) is 13.0. The van der Waals surface area contributed by atoms with Gasteiger partial charge in [-0.05, 0) is 85.4 Å². The van der Waals surface area contributed by atoms with E-state index in [9.17, 15) is 4.79 Å². The maximum absolute atomic E-state index is 11.0. The SMILES string of the molecule is CC1(C)CCC(O[Si](C)(C)C)c2ccc(C#Cc3ccc(C(=O)O)cc3)cc21. The number of hydrogen-bond donors (Lipinski definition) is 1. The minimum Gasteiger partial charge on any atom is -0.478 e. The smallest absolute Gasteiger partial charge is 0.335 e. The van der Waals surface area contributed by atoms with E-state index in [1.165, 1.54) is 11.1 Å². The number of aromatic carboxylic acids is 1. The van der Waals surface area contributed by atoms with Gasteiger partial charge in [0.05, 0.1) is 11.7 Å². The second-order valence-electron chi connectivity index (χ2n) is 9.08. The second-order valence-corrected chi connectivity index (χ2v) is 13.5. The van der Waals surface area contributed by atoms with E-state index in [1.54, 1.807) is 24.3 Å². The van der Waals surface area contributed by atoms with Crippen LogP contribution >= 0.6 is 0 Å². The van der Waals surface area contributed by atoms with Gasteiger partial charge in [0.2, 0.25) is 0 Å². The molecule has 0 heterocycles. The van der Waals surface area contributed by atoms with Crippen LogP contribution in [0.5, 0.6) is 0 Å². The van der Waals surface area contributed by atoms with Gasteiger partial charge < -0.3 is 9.53 Å². The Morgan fingerprint density at radius 3 is 2.29 bits per heavy atom. The lowest BCUT2D eigenvalue weighted by molar-refractivity contribution is 0.0697. The van der Waals surface area contributed by atoms with E-state index in [4.69, 9.17) is 9.53 Å². The van der Waals surface area contributed by atoms with Crippen LogP contribution in [0.3, 0.4) is 0 Å². The first-order valence-electron chi connectivity index (χ1n) is 9.73. The van der Waals surface area contributed by atoms with E-state index in [1.807, 2.05) is 0 Å². The number of benzene rings is 2. The van der Waals surface area contributed by atoms with Crippen molar-refractivity contribution in [3.63, 3.8) is 0 Å². The molecule has 0 aromatic heterocycles. The molecule has 0 fully saturated rings. The van der Waals surface area contributed by atoms with Gasteiger partial charge in [0.1, 0.15) is 0 Å². The molecule has 2 aromatic rings. The van der Waals surface area contributed by atoms with Crippen LogP contribution in [0.4, 0.5) is 0 Å². The van der Waals surface area contributed by atoms with Gasteiger partial charge in [0.25, 0.3) is 0 Å². The van der Waals surface area contributed by atoms with Crippen molar-refractivity contribution in [3.8, 4) is 11.8 Å². The van der Waals surface area contributed by atoms with Gasteiger partial charge >= 0.3 is 5.97 Å². The normalized spacial score (nSPS) is 18.0. The lowest BCUT2D eigenvalue weighted by Gasteiger charge is -2.39. The fourth-order valence-electron chi connectivity index (χ4n) is 3.67. The van der Waals surface area contributed by atoms with Crippen LogP contribution in [0.2, 0.25) is 19.6 Å². The first-order valence-corrected chi connectivity index (χ1v) is 13.1. The molecule has 3 rings (SSSR count). The van der Waals surface area contributed by atoms with E-state index in [-0.39, 0.29) is 17.1 Å². The topological polar surface area (TPSA) is 46.5 Å². The summed E-state index contributed by atoms with van der Waals surface area (Å²) >= 11 is 0. The van der Waals surface area contributed by atoms with Crippen molar-refractivity contribution in [3.05, 3.63) is 70.3 Å². The van der Waals surface area contributed by atoms with Crippen molar-refractivity contribution in [2.24, 2.45) is 0 Å². The Kier molecular flexibility index (Phi) is 5.52. The highest BCUT2D eigenvalue weighted by Crippen LogP contribution is 2.44. The highest BCUT2D eigenvalue weighted by Gasteiger charge is 2.35. The summed E-state index contributed by atoms with van der Waals surface area (Å²) in [6.45, 7) is 11.3. The summed E-state index contributed by atoms with van der Waals surface area (Å²) in [5.74, 6) is 5.45. The first kappa shape index (κ1) is 20.4. The van der Waals surface area contributed by atoms with Gasteiger partial charge in [0, 0.05) is 11.1 Å². The Labute approximate surface area is 168 Å². The van der Waals surface area contributed by atoms with Crippen LogP contribution in [0, 0.1) is 11.8 Å². The second kappa shape index (κ2) is 7.58. The molecule has 0 amide bonds. The Hall–Kier alpha value is -2.35. The number of rotatable bonds is 3. The largest absolute Gasteiger partial charge is 0.478 e. The molecule has 1 aliphatic rings. The molecule has 0 radical (unpaired) electrons. The van der Waals surface area contributed by atoms with Gasteiger partial charge in [0.15, 0.2) is 8.32 Å². The Balaban J connectivity index is 1.91. The Bertz CT molecular complexity index is 941. The molecule has 1 aliphatic carbocycles. The fourth-order valence-corrected chi connectivity index (χ4v) is 4.77. The van der Waals surface area contributed by atoms with Gasteiger partial charge in [-0.25, -0.2) is 4.79 Å². The average molecular weight is 393 g/mol. The van der Waals surface area contributed by atoms with Gasteiger partial charge in [-0.2, -0.15) is 0 Å². The highest BCUT2D eigenvalue weighted by atomic mass is 28.4. The van der Waals surface area contributed by atoms with E-state index in [0.717, 1.165) is 24.0 Å². The molecule has 0 bridgehead atoms. The summed E-state index contributed by atoms with van der Waals surface area (Å²) in [5.41, 5.74) is 4.79. The van der Waals surface area contributed by atoms with Crippen LogP contribution in [-0.4, -0.2) is 19.4 Å². The minimum absolute atomic E-state index is 0.107. The molecule has 146 valence electrons. The number of carbonyl (C=O) groups is 1. The Morgan fingerprint density at radius 2 is 1.68 bits per heavy atom. The third-order valence-corrected chi connectivity index (χ3v) is 6.13. The van der Waals surface area contributed by atoms with Crippen molar-refractivity contribution in [2.45, 2.75) is 57.8 Å². The molecule has 4 heteroatoms. The molecule has 1 unspecified atom stereocenters. The maximum Gasteiger partial charge on any atom is 0.335 e. The van der Waals surface area contributed by atoms with Crippen molar-refractivity contribution in [1.29, 1.82) is 0 Å². The molecule has 0 saturated carbocycles. The zero-order valence-corrected chi connectivity index (χ0v) is 18.3. The van der Waals surface area contributed by atoms with Crippen LogP contribution in [0.1, 0.15) is 65.4 Å². The lowest BCUT2D eigenvalue weighted by atomic mass is 9.71. The van der Waals surface area contributed by atoms with Crippen molar-refractivity contribution < 1.29 is 14.3 Å². The molecule has 1 N–H and O–H groups in total. The van der Waals surface area contributed by atoms with E-state index in [2.05, 4.69) is 63.5 Å². The third-order valence-electron chi connectivity index (χ3n) is 5.14. The van der Waals surface area contributed by atoms with E-state index < -0.39 is 14.3 Å². The Morgan fingerprint density at radius 1 is 1.07 bits per heavy atom. The molecular formula is C24H28O3Si. The standard InChI is InChI=1S/C24H28O3Si/c1-24(2)15-14-22(27-28(3,4)5)20-13-10-18(16-21(20)24)7-6-17-8-11-19(12-9-17)23(25)26/h8-13,16,22H,14-15H2,1-5H3,(H,25,26). The summed E-state index contributed by atoms with van der Waals surface area (Å²) in [5, 5.41) is 8.99. The zero-order valence-electron chi connectivity index (χ0n) is 17.3. The van der Waals surface area contributed by atoms with Crippen molar-refractivity contribution in [2.75, 3.05) is 0 Å². The number of carboxylic acid groups (broad SMARTS) is 1. The summed E-state index contributed by atoms with van der Waals surface area (Å²) < 4.78 is 6.45. The van der Waals surface area contributed by atoms with Crippen molar-refractivity contribution in [1.82, 2.24) is 0 Å². The number of fused-ring (bicyclic) bond motifs is 1. The summed E-state index contributed by atoms with van der Waals surface area (Å²) in [7, 11) is -1.61. The summed E-state index contributed by atoms with van der Waals surface area (Å²) in [6.07, 6.45) is 2.34. The van der Waals surface area contributed by atoms with Gasteiger partial charge in [-0.15, -0.1) is 0 Å². The monoisotopic (exact) mass is 392 g/mol. The number of carboxylic acids is 1. The lowest BCUT2D eigenvalue weighted by Crippen LogP contribution is -2.33. The van der Waals surface area contributed by atoms with Crippen LogP contribution in [0.25, 0.3) is 0 Å². The predicted octanol–water partition coefficient (Wildman–Crippen LogP) is 5.75. The minimum atomic E-state index is -1.61. The van der Waals surface area contributed by atoms with Crippen LogP contribution in [-0.2, 0) is 9.84 Å². The fraction of sp³-hybridized carbons (Fsp3) is 0.375. The van der Waals surface area contributed by atoms with Gasteiger partial charge in [-0.1, -0.05) is 31.8 Å². The van der Waals surface area contributed by atoms with Gasteiger partial charge in [-0.3, -0.25) is 0 Å². The number of hydrogen-bond acceptors (Lipinski definition) is 2. The predicted molar refractivity (Wildman–Crippen MR) is 115 cm³/mol. The van der Waals surface area contributed by atoms with E-state index >= 15 is 0 Å². The summed E-state index contributed by atoms with van der Waals surface area (Å²) in [6, 6.07) is 13.1. The molecule has 0 saturated heterocycles. The average Bonchev–Trinajstić information content (AvgIpc) is 2.62. The summed E-state index contributed by atoms with van der Waals surface area (Å²) in [4.78, 5) is 11.0. The maximum atomic E-state index is 11.0. The molecular weight excluding hydrogens is 364 g/mol. The van der Waals surface area contributed by atoms with Crippen LogP contribution < -0.4 is 0 Å². The molecule has 0 aliphatic heterocycles.